The average Bonchev–Trinajstić information content (AvgIpc) is 2.94. The molecule has 0 N–H and O–H groups in total. The number of hydrogen-bond acceptors (Lipinski definition) is 6. The lowest BCUT2D eigenvalue weighted by molar-refractivity contribution is -0.173. The van der Waals surface area contributed by atoms with Gasteiger partial charge in [0, 0.05) is 16.5 Å². The molecule has 2 aliphatic heterocycles. The second-order valence-electron chi connectivity index (χ2n) is 9.90. The molecule has 3 aromatic carbocycles. The van der Waals surface area contributed by atoms with Gasteiger partial charge in [0.25, 0.3) is 9.04 Å². The van der Waals surface area contributed by atoms with Gasteiger partial charge in [0.15, 0.2) is 0 Å². The van der Waals surface area contributed by atoms with E-state index in [0.29, 0.717) is 5.56 Å². The van der Waals surface area contributed by atoms with Gasteiger partial charge in [-0.1, -0.05) is 97.4 Å². The summed E-state index contributed by atoms with van der Waals surface area (Å²) in [6, 6.07) is 24.0. The van der Waals surface area contributed by atoms with E-state index < -0.39 is 26.7 Å². The predicted molar refractivity (Wildman–Crippen MR) is 142 cm³/mol. The first-order valence-corrected chi connectivity index (χ1v) is 13.8. The summed E-state index contributed by atoms with van der Waals surface area (Å²) in [4.78, 5) is 29.4. The Balaban J connectivity index is 1.51. The predicted octanol–water partition coefficient (Wildman–Crippen LogP) is 3.67. The zero-order valence-corrected chi connectivity index (χ0v) is 22.8. The van der Waals surface area contributed by atoms with Crippen LogP contribution in [0.1, 0.15) is 37.5 Å². The summed E-state index contributed by atoms with van der Waals surface area (Å²) in [5.74, 6) is -2.10. The van der Waals surface area contributed by atoms with Gasteiger partial charge in [0.05, 0.1) is 6.61 Å². The molecular formula is C28H25BrNO5Si. The van der Waals surface area contributed by atoms with Crippen molar-refractivity contribution >= 4 is 53.2 Å². The van der Waals surface area contributed by atoms with E-state index in [1.165, 1.54) is 5.56 Å². The van der Waals surface area contributed by atoms with Crippen LogP contribution in [0.4, 0.5) is 0 Å². The highest BCUT2D eigenvalue weighted by atomic mass is 79.9. The van der Waals surface area contributed by atoms with Crippen molar-refractivity contribution in [1.82, 2.24) is 0 Å². The lowest BCUT2D eigenvalue weighted by Crippen LogP contribution is -2.50. The quantitative estimate of drug-likeness (QED) is 0.269. The van der Waals surface area contributed by atoms with E-state index in [1.54, 1.807) is 0 Å². The van der Waals surface area contributed by atoms with Crippen LogP contribution in [0.2, 0.25) is 0 Å². The van der Waals surface area contributed by atoms with Crippen molar-refractivity contribution in [1.29, 1.82) is 0 Å². The Bertz CT molecular complexity index is 1350. The van der Waals surface area contributed by atoms with Crippen LogP contribution in [0.3, 0.4) is 0 Å². The number of nitrogens with zero attached hydrogens (tertiary/aromatic N) is 1. The van der Waals surface area contributed by atoms with Crippen LogP contribution in [0.5, 0.6) is 0 Å². The van der Waals surface area contributed by atoms with Crippen molar-refractivity contribution in [2.45, 2.75) is 38.3 Å². The molecule has 0 fully saturated rings. The Hall–Kier alpha value is -3.07. The normalized spacial score (nSPS) is 19.2. The summed E-state index contributed by atoms with van der Waals surface area (Å²) >= 11 is 3.58. The summed E-state index contributed by atoms with van der Waals surface area (Å²) in [7, 11) is -1.73. The molecule has 0 saturated heterocycles. The lowest BCUT2D eigenvalue weighted by atomic mass is 9.87. The number of ether oxygens (including phenoxy) is 2. The van der Waals surface area contributed by atoms with Crippen molar-refractivity contribution in [2.24, 2.45) is 4.99 Å². The Morgan fingerprint density at radius 3 is 2.33 bits per heavy atom. The molecule has 1 atom stereocenters. The maximum Gasteiger partial charge on any atom is 0.424 e. The van der Waals surface area contributed by atoms with Crippen molar-refractivity contribution in [3.05, 3.63) is 94.0 Å². The van der Waals surface area contributed by atoms with Gasteiger partial charge >= 0.3 is 11.9 Å². The maximum absolute atomic E-state index is 12.5. The Morgan fingerprint density at radius 1 is 0.944 bits per heavy atom. The average molecular weight is 564 g/mol. The smallest absolute Gasteiger partial charge is 0.424 e. The molecule has 0 unspecified atom stereocenters. The number of halogens is 1. The molecule has 0 amide bonds. The SMILES string of the molecule is CC(C)(C)c1ccc([Si](OC[C@]23Cc4c(Br)cccc4C(=N2)OC(=O)C(=O)O3)c2ccccc2)cc1. The van der Waals surface area contributed by atoms with Gasteiger partial charge in [-0.05, 0) is 39.0 Å². The standard InChI is InChI=1S/C28H25BrNO5Si/c1-27(2,3)18-12-14-20(15-13-18)36(19-8-5-4-6-9-19)33-17-28-16-22-21(10-7-11-23(22)29)24(30-28)34-25(31)26(32)35-28/h4-15H,16-17H2,1-3H3/t28-/m1/s1. The first-order valence-electron chi connectivity index (χ1n) is 11.6. The Morgan fingerprint density at radius 2 is 1.64 bits per heavy atom. The fraction of sp³-hybridized carbons (Fsp3) is 0.250. The molecule has 5 rings (SSSR count). The van der Waals surface area contributed by atoms with E-state index in [1.807, 2.05) is 48.5 Å². The summed E-state index contributed by atoms with van der Waals surface area (Å²) in [6.45, 7) is 6.52. The van der Waals surface area contributed by atoms with Gasteiger partial charge in [-0.25, -0.2) is 14.6 Å². The van der Waals surface area contributed by atoms with Crippen molar-refractivity contribution < 1.29 is 23.5 Å². The molecule has 6 nitrogen and oxygen atoms in total. The Labute approximate surface area is 220 Å². The first-order chi connectivity index (χ1) is 17.2. The van der Waals surface area contributed by atoms with E-state index in [-0.39, 0.29) is 24.3 Å². The van der Waals surface area contributed by atoms with Crippen LogP contribution in [-0.2, 0) is 35.3 Å². The van der Waals surface area contributed by atoms with Gasteiger partial charge in [-0.15, -0.1) is 0 Å². The number of fused-ring (bicyclic) bond motifs is 3. The molecule has 0 aliphatic carbocycles. The zero-order valence-electron chi connectivity index (χ0n) is 20.2. The van der Waals surface area contributed by atoms with E-state index in [2.05, 4.69) is 66.0 Å². The number of rotatable bonds is 5. The summed E-state index contributed by atoms with van der Waals surface area (Å²) < 4.78 is 18.3. The highest BCUT2D eigenvalue weighted by molar-refractivity contribution is 9.10. The number of benzene rings is 3. The minimum Gasteiger partial charge on any atom is -0.426 e. The van der Waals surface area contributed by atoms with Crippen LogP contribution in [0, 0.1) is 0 Å². The third-order valence-electron chi connectivity index (χ3n) is 6.24. The molecule has 2 aliphatic rings. The van der Waals surface area contributed by atoms with Crippen LogP contribution >= 0.6 is 15.9 Å². The molecule has 183 valence electrons. The van der Waals surface area contributed by atoms with Crippen LogP contribution < -0.4 is 10.4 Å². The van der Waals surface area contributed by atoms with Gasteiger partial charge in [-0.2, -0.15) is 0 Å². The number of carbonyl (C=O) groups is 2. The molecule has 8 heteroatoms. The molecule has 2 heterocycles. The van der Waals surface area contributed by atoms with Crippen molar-refractivity contribution in [3.63, 3.8) is 0 Å². The molecule has 2 bridgehead atoms. The topological polar surface area (TPSA) is 74.2 Å². The highest BCUT2D eigenvalue weighted by Crippen LogP contribution is 2.35. The summed E-state index contributed by atoms with van der Waals surface area (Å²) in [6.07, 6.45) is 0.253. The second kappa shape index (κ2) is 9.42. The highest BCUT2D eigenvalue weighted by Gasteiger charge is 2.46. The number of hydrogen-bond donors (Lipinski definition) is 0. The van der Waals surface area contributed by atoms with Gasteiger partial charge in [-0.3, -0.25) is 0 Å². The van der Waals surface area contributed by atoms with Gasteiger partial charge < -0.3 is 13.9 Å². The maximum atomic E-state index is 12.5. The summed E-state index contributed by atoms with van der Waals surface area (Å²) in [5, 5.41) is 2.11. The minimum absolute atomic E-state index is 0.0239. The minimum atomic E-state index is -1.73. The molecule has 0 spiro atoms. The van der Waals surface area contributed by atoms with Crippen LogP contribution in [0.25, 0.3) is 0 Å². The molecule has 0 saturated carbocycles. The monoisotopic (exact) mass is 562 g/mol. The molecule has 1 radical (unpaired) electrons. The number of carbonyl (C=O) groups excluding carboxylic acids is 2. The molecule has 3 aromatic rings. The second-order valence-corrected chi connectivity index (χ2v) is 12.9. The number of aliphatic imine (C=N–C) groups is 1. The van der Waals surface area contributed by atoms with E-state index in [9.17, 15) is 9.59 Å². The van der Waals surface area contributed by atoms with Crippen LogP contribution in [-0.4, -0.2) is 39.2 Å². The molecule has 36 heavy (non-hydrogen) atoms. The molecule has 0 aromatic heterocycles. The zero-order chi connectivity index (χ0) is 25.5. The van der Waals surface area contributed by atoms with Crippen LogP contribution in [0.15, 0.2) is 82.3 Å². The fourth-order valence-corrected chi connectivity index (χ4v) is 6.83. The summed E-state index contributed by atoms with van der Waals surface area (Å²) in [5.41, 5.74) is 1.35. The first kappa shape index (κ1) is 24.6. The van der Waals surface area contributed by atoms with Crippen molar-refractivity contribution in [2.75, 3.05) is 6.61 Å². The lowest BCUT2D eigenvalue weighted by Gasteiger charge is -2.33. The van der Waals surface area contributed by atoms with Crippen molar-refractivity contribution in [3.8, 4) is 0 Å². The number of esters is 2. The fourth-order valence-electron chi connectivity index (χ4n) is 4.32. The van der Waals surface area contributed by atoms with E-state index in [4.69, 9.17) is 13.9 Å². The largest absolute Gasteiger partial charge is 0.426 e. The third kappa shape index (κ3) is 4.80. The Kier molecular flexibility index (Phi) is 6.44. The van der Waals surface area contributed by atoms with E-state index >= 15 is 0 Å². The molecular weight excluding hydrogens is 538 g/mol. The van der Waals surface area contributed by atoms with Gasteiger partial charge in [0.2, 0.25) is 11.6 Å². The van der Waals surface area contributed by atoms with Gasteiger partial charge in [0.1, 0.15) is 0 Å². The van der Waals surface area contributed by atoms with E-state index in [0.717, 1.165) is 20.4 Å². The third-order valence-corrected chi connectivity index (χ3v) is 9.13.